The number of carbonyl (C=O) groups excluding carboxylic acids is 1. The van der Waals surface area contributed by atoms with Crippen molar-refractivity contribution in [1.82, 2.24) is 10.2 Å². The van der Waals surface area contributed by atoms with Gasteiger partial charge in [-0.05, 0) is 56.7 Å². The van der Waals surface area contributed by atoms with Crippen molar-refractivity contribution >= 4 is 5.91 Å². The Morgan fingerprint density at radius 1 is 1.24 bits per heavy atom. The maximum Gasteiger partial charge on any atom is 0.222 e. The highest BCUT2D eigenvalue weighted by atomic mass is 16.2. The first-order valence-corrected chi connectivity index (χ1v) is 8.24. The molecule has 2 rings (SSSR count). The lowest BCUT2D eigenvalue weighted by Gasteiger charge is -2.23. The SMILES string of the molecule is CN(CCCc1ccccc1)C(=O)CCC1CCNCC1. The third-order valence-electron chi connectivity index (χ3n) is 4.45. The molecule has 1 fully saturated rings. The number of aryl methyl sites for hydroxylation is 1. The zero-order valence-corrected chi connectivity index (χ0v) is 13.2. The van der Waals surface area contributed by atoms with Crippen molar-refractivity contribution in [1.29, 1.82) is 0 Å². The Morgan fingerprint density at radius 2 is 1.95 bits per heavy atom. The monoisotopic (exact) mass is 288 g/mol. The smallest absolute Gasteiger partial charge is 0.222 e. The second-order valence-corrected chi connectivity index (χ2v) is 6.14. The van der Waals surface area contributed by atoms with Gasteiger partial charge in [-0.15, -0.1) is 0 Å². The van der Waals surface area contributed by atoms with E-state index in [1.54, 1.807) is 0 Å². The van der Waals surface area contributed by atoms with Gasteiger partial charge >= 0.3 is 0 Å². The van der Waals surface area contributed by atoms with Crippen LogP contribution in [-0.2, 0) is 11.2 Å². The van der Waals surface area contributed by atoms with Crippen molar-refractivity contribution in [2.75, 3.05) is 26.7 Å². The predicted molar refractivity (Wildman–Crippen MR) is 87.2 cm³/mol. The van der Waals surface area contributed by atoms with E-state index in [9.17, 15) is 4.79 Å². The van der Waals surface area contributed by atoms with Gasteiger partial charge in [0.1, 0.15) is 0 Å². The van der Waals surface area contributed by atoms with Gasteiger partial charge in [0.05, 0.1) is 0 Å². The van der Waals surface area contributed by atoms with Crippen molar-refractivity contribution in [3.8, 4) is 0 Å². The highest BCUT2D eigenvalue weighted by Gasteiger charge is 2.16. The zero-order chi connectivity index (χ0) is 14.9. The Bertz CT molecular complexity index is 412. The lowest BCUT2D eigenvalue weighted by molar-refractivity contribution is -0.130. The quantitative estimate of drug-likeness (QED) is 0.837. The highest BCUT2D eigenvalue weighted by molar-refractivity contribution is 5.75. The molecule has 1 amide bonds. The summed E-state index contributed by atoms with van der Waals surface area (Å²) < 4.78 is 0. The minimum Gasteiger partial charge on any atom is -0.346 e. The van der Waals surface area contributed by atoms with Crippen LogP contribution in [0.25, 0.3) is 0 Å². The highest BCUT2D eigenvalue weighted by Crippen LogP contribution is 2.18. The number of benzene rings is 1. The number of amides is 1. The molecule has 0 atom stereocenters. The van der Waals surface area contributed by atoms with Crippen molar-refractivity contribution in [2.45, 2.75) is 38.5 Å². The molecule has 0 unspecified atom stereocenters. The largest absolute Gasteiger partial charge is 0.346 e. The molecule has 1 aliphatic rings. The fraction of sp³-hybridized carbons (Fsp3) is 0.611. The fourth-order valence-electron chi connectivity index (χ4n) is 2.98. The van der Waals surface area contributed by atoms with Gasteiger partial charge in [-0.2, -0.15) is 0 Å². The van der Waals surface area contributed by atoms with E-state index >= 15 is 0 Å². The van der Waals surface area contributed by atoms with Crippen molar-refractivity contribution in [3.63, 3.8) is 0 Å². The van der Waals surface area contributed by atoms with E-state index in [1.807, 2.05) is 18.0 Å². The Morgan fingerprint density at radius 3 is 2.67 bits per heavy atom. The van der Waals surface area contributed by atoms with Crippen LogP contribution in [0, 0.1) is 5.92 Å². The second-order valence-electron chi connectivity index (χ2n) is 6.14. The van der Waals surface area contributed by atoms with Crippen molar-refractivity contribution < 1.29 is 4.79 Å². The minimum atomic E-state index is 0.307. The van der Waals surface area contributed by atoms with E-state index < -0.39 is 0 Å². The van der Waals surface area contributed by atoms with E-state index in [4.69, 9.17) is 0 Å². The number of hydrogen-bond donors (Lipinski definition) is 1. The molecule has 1 aromatic carbocycles. The summed E-state index contributed by atoms with van der Waals surface area (Å²) in [4.78, 5) is 14.0. The third kappa shape index (κ3) is 5.88. The van der Waals surface area contributed by atoms with Gasteiger partial charge in [0, 0.05) is 20.0 Å². The lowest BCUT2D eigenvalue weighted by atomic mass is 9.93. The van der Waals surface area contributed by atoms with E-state index in [-0.39, 0.29) is 0 Å². The van der Waals surface area contributed by atoms with Gasteiger partial charge in [0.25, 0.3) is 0 Å². The molecule has 0 spiro atoms. The maximum absolute atomic E-state index is 12.1. The predicted octanol–water partition coefficient (Wildman–Crippen LogP) is 2.86. The van der Waals surface area contributed by atoms with Gasteiger partial charge < -0.3 is 10.2 Å². The summed E-state index contributed by atoms with van der Waals surface area (Å²) in [6.07, 6.45) is 6.32. The minimum absolute atomic E-state index is 0.307. The molecule has 1 N–H and O–H groups in total. The first kappa shape index (κ1) is 16.0. The summed E-state index contributed by atoms with van der Waals surface area (Å²) in [5.74, 6) is 1.05. The van der Waals surface area contributed by atoms with Crippen LogP contribution in [0.2, 0.25) is 0 Å². The molecule has 21 heavy (non-hydrogen) atoms. The molecule has 1 saturated heterocycles. The number of nitrogens with zero attached hydrogens (tertiary/aromatic N) is 1. The Balaban J connectivity index is 1.60. The summed E-state index contributed by atoms with van der Waals surface area (Å²) in [6, 6.07) is 10.5. The normalized spacial score (nSPS) is 15.9. The molecule has 116 valence electrons. The molecule has 1 heterocycles. The average molecular weight is 288 g/mol. The molecule has 0 bridgehead atoms. The molecule has 3 heteroatoms. The standard InChI is InChI=1S/C18H28N2O/c1-20(15-5-8-16-6-3-2-4-7-16)18(21)10-9-17-11-13-19-14-12-17/h2-4,6-7,17,19H,5,8-15H2,1H3. The number of nitrogens with one attached hydrogen (secondary N) is 1. The lowest BCUT2D eigenvalue weighted by Crippen LogP contribution is -2.31. The van der Waals surface area contributed by atoms with Crippen LogP contribution in [0.4, 0.5) is 0 Å². The molecule has 3 nitrogen and oxygen atoms in total. The molecular formula is C18H28N2O. The number of carbonyl (C=O) groups is 1. The summed E-state index contributed by atoms with van der Waals surface area (Å²) in [5, 5.41) is 3.37. The van der Waals surface area contributed by atoms with Crippen molar-refractivity contribution in [2.24, 2.45) is 5.92 Å². The zero-order valence-electron chi connectivity index (χ0n) is 13.2. The molecule has 0 radical (unpaired) electrons. The first-order chi connectivity index (χ1) is 10.3. The number of rotatable bonds is 7. The summed E-state index contributed by atoms with van der Waals surface area (Å²) in [7, 11) is 1.94. The summed E-state index contributed by atoms with van der Waals surface area (Å²) >= 11 is 0. The van der Waals surface area contributed by atoms with Gasteiger partial charge in [-0.1, -0.05) is 30.3 Å². The summed E-state index contributed by atoms with van der Waals surface area (Å²) in [6.45, 7) is 3.09. The van der Waals surface area contributed by atoms with Crippen LogP contribution in [0.15, 0.2) is 30.3 Å². The average Bonchev–Trinajstić information content (AvgIpc) is 2.54. The second kappa shape index (κ2) is 8.83. The van der Waals surface area contributed by atoms with Gasteiger partial charge in [0.2, 0.25) is 5.91 Å². The molecule has 1 aliphatic heterocycles. The van der Waals surface area contributed by atoms with E-state index in [2.05, 4.69) is 29.6 Å². The number of piperidine rings is 1. The van der Waals surface area contributed by atoms with Gasteiger partial charge in [-0.3, -0.25) is 4.79 Å². The third-order valence-corrected chi connectivity index (χ3v) is 4.45. The maximum atomic E-state index is 12.1. The molecule has 0 saturated carbocycles. The molecular weight excluding hydrogens is 260 g/mol. The van der Waals surface area contributed by atoms with Crippen LogP contribution in [-0.4, -0.2) is 37.5 Å². The first-order valence-electron chi connectivity index (χ1n) is 8.24. The van der Waals surface area contributed by atoms with Gasteiger partial charge in [0.15, 0.2) is 0 Å². The van der Waals surface area contributed by atoms with E-state index in [0.717, 1.165) is 44.8 Å². The topological polar surface area (TPSA) is 32.3 Å². The summed E-state index contributed by atoms with van der Waals surface area (Å²) in [5.41, 5.74) is 1.35. The molecule has 0 aliphatic carbocycles. The number of hydrogen-bond acceptors (Lipinski definition) is 2. The Hall–Kier alpha value is -1.35. The van der Waals surface area contributed by atoms with E-state index in [0.29, 0.717) is 12.3 Å². The molecule has 1 aromatic rings. The van der Waals surface area contributed by atoms with Crippen LogP contribution < -0.4 is 5.32 Å². The van der Waals surface area contributed by atoms with E-state index in [1.165, 1.54) is 18.4 Å². The van der Waals surface area contributed by atoms with Crippen LogP contribution in [0.1, 0.15) is 37.7 Å². The molecule has 0 aromatic heterocycles. The Labute approximate surface area is 128 Å². The van der Waals surface area contributed by atoms with Crippen molar-refractivity contribution in [3.05, 3.63) is 35.9 Å². The van der Waals surface area contributed by atoms with Crippen LogP contribution >= 0.6 is 0 Å². The Kier molecular flexibility index (Phi) is 6.74. The fourth-order valence-corrected chi connectivity index (χ4v) is 2.98. The van der Waals surface area contributed by atoms with Crippen LogP contribution in [0.5, 0.6) is 0 Å². The van der Waals surface area contributed by atoms with Crippen LogP contribution in [0.3, 0.4) is 0 Å². The van der Waals surface area contributed by atoms with Gasteiger partial charge in [-0.25, -0.2) is 0 Å².